The number of halogens is 2. The second-order valence-electron chi connectivity index (χ2n) is 3.70. The third kappa shape index (κ3) is 3.13. The molecule has 0 aliphatic rings. The van der Waals surface area contributed by atoms with Crippen molar-refractivity contribution in [3.8, 4) is 0 Å². The van der Waals surface area contributed by atoms with Gasteiger partial charge in [-0.25, -0.2) is 0 Å². The Morgan fingerprint density at radius 2 is 1.78 bits per heavy atom. The van der Waals surface area contributed by atoms with Gasteiger partial charge in [0.2, 0.25) is 0 Å². The molecule has 18 heavy (non-hydrogen) atoms. The largest absolute Gasteiger partial charge is 0.398 e. The first-order valence-electron chi connectivity index (χ1n) is 5.18. The number of nitrogens with one attached hydrogen (secondary N) is 1. The number of nitrogen functional groups attached to an aromatic ring is 1. The number of anilines is 2. The Hall–Kier alpha value is -1.29. The normalized spacial score (nSPS) is 10.1. The third-order valence-corrected chi connectivity index (χ3v) is 3.13. The maximum atomic E-state index is 5.93. The quantitative estimate of drug-likeness (QED) is 0.639. The van der Waals surface area contributed by atoms with Crippen LogP contribution in [-0.4, -0.2) is 4.99 Å². The molecule has 0 saturated heterocycles. The molecule has 0 heterocycles. The lowest BCUT2D eigenvalue weighted by Crippen LogP contribution is -2.12. The van der Waals surface area contributed by atoms with Crippen molar-refractivity contribution in [3.05, 3.63) is 58.1 Å². The van der Waals surface area contributed by atoms with Gasteiger partial charge in [0.15, 0.2) is 0 Å². The molecule has 2 aromatic carbocycles. The number of benzene rings is 2. The van der Waals surface area contributed by atoms with E-state index in [1.807, 2.05) is 12.1 Å². The van der Waals surface area contributed by atoms with Crippen LogP contribution in [0, 0.1) is 0 Å². The van der Waals surface area contributed by atoms with Crippen molar-refractivity contribution >= 4 is 51.8 Å². The van der Waals surface area contributed by atoms with Gasteiger partial charge in [0.05, 0.1) is 0 Å². The average molecular weight is 297 g/mol. The van der Waals surface area contributed by atoms with Crippen LogP contribution in [0.1, 0.15) is 5.56 Å². The van der Waals surface area contributed by atoms with Gasteiger partial charge in [-0.3, -0.25) is 0 Å². The standard InChI is InChI=1S/C13H10Cl2N2S/c14-8-2-1-3-10(6-8)17-13(18)11-7-9(15)4-5-12(11)16/h1-7H,16H2,(H,17,18). The molecule has 0 atom stereocenters. The third-order valence-electron chi connectivity index (χ3n) is 2.34. The van der Waals surface area contributed by atoms with E-state index in [1.54, 1.807) is 30.3 Å². The van der Waals surface area contributed by atoms with Crippen LogP contribution in [0.4, 0.5) is 11.4 Å². The van der Waals surface area contributed by atoms with Crippen molar-refractivity contribution < 1.29 is 0 Å². The highest BCUT2D eigenvalue weighted by atomic mass is 35.5. The molecule has 0 bridgehead atoms. The van der Waals surface area contributed by atoms with Crippen molar-refractivity contribution in [2.45, 2.75) is 0 Å². The summed E-state index contributed by atoms with van der Waals surface area (Å²) in [7, 11) is 0. The Morgan fingerprint density at radius 3 is 2.50 bits per heavy atom. The van der Waals surface area contributed by atoms with E-state index in [0.717, 1.165) is 5.69 Å². The van der Waals surface area contributed by atoms with Crippen LogP contribution in [0.2, 0.25) is 10.0 Å². The van der Waals surface area contributed by atoms with Crippen LogP contribution in [0.3, 0.4) is 0 Å². The Bertz CT molecular complexity index is 599. The molecule has 0 saturated carbocycles. The van der Waals surface area contributed by atoms with Crippen molar-refractivity contribution in [1.82, 2.24) is 0 Å². The van der Waals surface area contributed by atoms with Crippen LogP contribution in [0.5, 0.6) is 0 Å². The molecule has 0 radical (unpaired) electrons. The molecule has 5 heteroatoms. The first-order chi connectivity index (χ1) is 8.56. The molecule has 2 rings (SSSR count). The first-order valence-corrected chi connectivity index (χ1v) is 6.34. The zero-order valence-corrected chi connectivity index (χ0v) is 11.6. The number of nitrogens with two attached hydrogens (primary N) is 1. The van der Waals surface area contributed by atoms with Gasteiger partial charge in [0, 0.05) is 27.0 Å². The molecule has 0 unspecified atom stereocenters. The van der Waals surface area contributed by atoms with Gasteiger partial charge >= 0.3 is 0 Å². The number of hydrogen-bond acceptors (Lipinski definition) is 2. The number of rotatable bonds is 2. The number of hydrogen-bond donors (Lipinski definition) is 2. The molecule has 92 valence electrons. The second-order valence-corrected chi connectivity index (χ2v) is 4.98. The Balaban J connectivity index is 2.24. The summed E-state index contributed by atoms with van der Waals surface area (Å²) >= 11 is 17.1. The molecule has 0 aromatic heterocycles. The molecule has 2 aromatic rings. The van der Waals surface area contributed by atoms with Crippen LogP contribution >= 0.6 is 35.4 Å². The molecular weight excluding hydrogens is 287 g/mol. The molecule has 0 amide bonds. The summed E-state index contributed by atoms with van der Waals surface area (Å²) in [5, 5.41) is 4.31. The lowest BCUT2D eigenvalue weighted by atomic mass is 10.1. The molecule has 0 aliphatic heterocycles. The van der Waals surface area contributed by atoms with Crippen LogP contribution in [-0.2, 0) is 0 Å². The van der Waals surface area contributed by atoms with Gasteiger partial charge in [0.1, 0.15) is 4.99 Å². The monoisotopic (exact) mass is 296 g/mol. The summed E-state index contributed by atoms with van der Waals surface area (Å²) in [5.41, 5.74) is 7.96. The lowest BCUT2D eigenvalue weighted by molar-refractivity contribution is 1.60. The highest BCUT2D eigenvalue weighted by molar-refractivity contribution is 7.81. The summed E-state index contributed by atoms with van der Waals surface area (Å²) in [5.74, 6) is 0. The predicted octanol–water partition coefficient (Wildman–Crippen LogP) is 4.36. The van der Waals surface area contributed by atoms with Crippen LogP contribution in [0.25, 0.3) is 0 Å². The maximum Gasteiger partial charge on any atom is 0.113 e. The zero-order chi connectivity index (χ0) is 13.1. The highest BCUT2D eigenvalue weighted by Gasteiger charge is 2.07. The SMILES string of the molecule is Nc1ccc(Cl)cc1C(=S)Nc1cccc(Cl)c1. The minimum absolute atomic E-state index is 0.511. The van der Waals surface area contributed by atoms with Crippen molar-refractivity contribution in [2.75, 3.05) is 11.1 Å². The van der Waals surface area contributed by atoms with Crippen molar-refractivity contribution in [1.29, 1.82) is 0 Å². The van der Waals surface area contributed by atoms with E-state index in [2.05, 4.69) is 5.32 Å². The summed E-state index contributed by atoms with van der Waals surface area (Å²) in [6.07, 6.45) is 0. The smallest absolute Gasteiger partial charge is 0.113 e. The first kappa shape index (κ1) is 13.1. The summed E-state index contributed by atoms with van der Waals surface area (Å²) in [6.45, 7) is 0. The van der Waals surface area contributed by atoms with Crippen molar-refractivity contribution in [2.24, 2.45) is 0 Å². The molecule has 2 nitrogen and oxygen atoms in total. The molecular formula is C13H10Cl2N2S. The zero-order valence-electron chi connectivity index (χ0n) is 9.28. The van der Waals surface area contributed by atoms with Crippen LogP contribution in [0.15, 0.2) is 42.5 Å². The highest BCUT2D eigenvalue weighted by Crippen LogP contribution is 2.21. The van der Waals surface area contributed by atoms with E-state index < -0.39 is 0 Å². The molecule has 0 fully saturated rings. The van der Waals surface area contributed by atoms with Gasteiger partial charge < -0.3 is 11.1 Å². The number of thiocarbonyl (C=S) groups is 1. The Morgan fingerprint density at radius 1 is 1.06 bits per heavy atom. The summed E-state index contributed by atoms with van der Waals surface area (Å²) in [4.78, 5) is 0.511. The Labute approximate surface area is 121 Å². The average Bonchev–Trinajstić information content (AvgIpc) is 2.32. The fraction of sp³-hybridized carbons (Fsp3) is 0. The van der Waals surface area contributed by atoms with Crippen molar-refractivity contribution in [3.63, 3.8) is 0 Å². The summed E-state index contributed by atoms with van der Waals surface area (Å²) in [6, 6.07) is 12.5. The van der Waals surface area contributed by atoms with Gasteiger partial charge in [-0.2, -0.15) is 0 Å². The van der Waals surface area contributed by atoms with Gasteiger partial charge in [0.25, 0.3) is 0 Å². The molecule has 0 spiro atoms. The maximum absolute atomic E-state index is 5.93. The second kappa shape index (κ2) is 5.57. The van der Waals surface area contributed by atoms with E-state index in [-0.39, 0.29) is 0 Å². The van der Waals surface area contributed by atoms with Gasteiger partial charge in [-0.15, -0.1) is 0 Å². The molecule has 3 N–H and O–H groups in total. The minimum atomic E-state index is 0.511. The Kier molecular flexibility index (Phi) is 4.07. The van der Waals surface area contributed by atoms with E-state index >= 15 is 0 Å². The van der Waals surface area contributed by atoms with E-state index in [0.29, 0.717) is 26.3 Å². The lowest BCUT2D eigenvalue weighted by Gasteiger charge is -2.10. The van der Waals surface area contributed by atoms with Gasteiger partial charge in [-0.1, -0.05) is 41.5 Å². The van der Waals surface area contributed by atoms with E-state index in [9.17, 15) is 0 Å². The molecule has 0 aliphatic carbocycles. The minimum Gasteiger partial charge on any atom is -0.398 e. The van der Waals surface area contributed by atoms with Crippen LogP contribution < -0.4 is 11.1 Å². The van der Waals surface area contributed by atoms with E-state index in [4.69, 9.17) is 41.2 Å². The topological polar surface area (TPSA) is 38.0 Å². The summed E-state index contributed by atoms with van der Waals surface area (Å²) < 4.78 is 0. The van der Waals surface area contributed by atoms with Gasteiger partial charge in [-0.05, 0) is 36.4 Å². The fourth-order valence-electron chi connectivity index (χ4n) is 1.49. The fourth-order valence-corrected chi connectivity index (χ4v) is 2.15. The van der Waals surface area contributed by atoms with E-state index in [1.165, 1.54) is 0 Å². The predicted molar refractivity (Wildman–Crippen MR) is 82.6 cm³/mol.